The van der Waals surface area contributed by atoms with Crippen molar-refractivity contribution >= 4 is 55.1 Å². The lowest BCUT2D eigenvalue weighted by Crippen LogP contribution is -2.52. The summed E-state index contributed by atoms with van der Waals surface area (Å²) in [7, 11) is -3.79. The molecule has 0 saturated carbocycles. The predicted molar refractivity (Wildman–Crippen MR) is 136 cm³/mol. The van der Waals surface area contributed by atoms with Crippen LogP contribution < -0.4 is 9.62 Å². The molecule has 7 nitrogen and oxygen atoms in total. The Labute approximate surface area is 209 Å². The molecule has 0 aliphatic heterocycles. The van der Waals surface area contributed by atoms with Gasteiger partial charge in [-0.1, -0.05) is 39.7 Å². The van der Waals surface area contributed by atoms with Gasteiger partial charge in [-0.3, -0.25) is 13.9 Å². The molecule has 1 atom stereocenters. The van der Waals surface area contributed by atoms with Crippen molar-refractivity contribution in [2.24, 2.45) is 0 Å². The van der Waals surface area contributed by atoms with Gasteiger partial charge in [-0.25, -0.2) is 8.42 Å². The van der Waals surface area contributed by atoms with Crippen LogP contribution in [0.4, 0.5) is 5.69 Å². The van der Waals surface area contributed by atoms with E-state index in [0.717, 1.165) is 20.6 Å². The number of carbonyl (C=O) groups is 2. The molecular formula is C23H29BrClN3O4S. The minimum absolute atomic E-state index is 0.103. The van der Waals surface area contributed by atoms with E-state index in [-0.39, 0.29) is 18.5 Å². The van der Waals surface area contributed by atoms with Crippen LogP contribution in [0.3, 0.4) is 0 Å². The minimum atomic E-state index is -3.79. The summed E-state index contributed by atoms with van der Waals surface area (Å²) in [6.45, 7) is 6.72. The average molecular weight is 559 g/mol. The number of nitrogens with one attached hydrogen (secondary N) is 1. The van der Waals surface area contributed by atoms with Crippen LogP contribution >= 0.6 is 27.5 Å². The topological polar surface area (TPSA) is 86.8 Å². The first-order valence-corrected chi connectivity index (χ1v) is 13.4. The van der Waals surface area contributed by atoms with Gasteiger partial charge in [0.15, 0.2) is 0 Å². The predicted octanol–water partition coefficient (Wildman–Crippen LogP) is 4.12. The smallest absolute Gasteiger partial charge is 0.244 e. The van der Waals surface area contributed by atoms with Gasteiger partial charge >= 0.3 is 0 Å². The van der Waals surface area contributed by atoms with Gasteiger partial charge in [0.2, 0.25) is 21.8 Å². The molecule has 0 heterocycles. The third-order valence-corrected chi connectivity index (χ3v) is 6.86. The maximum atomic E-state index is 13.5. The van der Waals surface area contributed by atoms with Crippen molar-refractivity contribution < 1.29 is 18.0 Å². The first-order valence-electron chi connectivity index (χ1n) is 10.4. The van der Waals surface area contributed by atoms with Crippen LogP contribution in [0.2, 0.25) is 5.02 Å². The highest BCUT2D eigenvalue weighted by Crippen LogP contribution is 2.26. The van der Waals surface area contributed by atoms with Crippen LogP contribution in [0.5, 0.6) is 0 Å². The normalized spacial score (nSPS) is 12.4. The van der Waals surface area contributed by atoms with Crippen LogP contribution in [0.1, 0.15) is 31.9 Å². The number of anilines is 1. The second-order valence-electron chi connectivity index (χ2n) is 8.19. The molecule has 180 valence electrons. The molecule has 10 heteroatoms. The summed E-state index contributed by atoms with van der Waals surface area (Å²) in [6, 6.07) is 11.2. The van der Waals surface area contributed by atoms with Crippen molar-refractivity contribution in [2.75, 3.05) is 17.1 Å². The number of hydrogen-bond donors (Lipinski definition) is 1. The number of carbonyl (C=O) groups excluding carboxylic acids is 2. The molecule has 0 aliphatic carbocycles. The Bertz CT molecular complexity index is 1110. The number of benzene rings is 2. The molecule has 2 amide bonds. The lowest BCUT2D eigenvalue weighted by molar-refractivity contribution is -0.139. The Kier molecular flexibility index (Phi) is 9.34. The summed E-state index contributed by atoms with van der Waals surface area (Å²) < 4.78 is 27.1. The fourth-order valence-electron chi connectivity index (χ4n) is 3.27. The van der Waals surface area contributed by atoms with Crippen molar-refractivity contribution in [1.29, 1.82) is 0 Å². The zero-order valence-corrected chi connectivity index (χ0v) is 22.5. The monoisotopic (exact) mass is 557 g/mol. The molecule has 2 aromatic carbocycles. The number of amides is 2. The molecule has 0 fully saturated rings. The number of nitrogens with zero attached hydrogens (tertiary/aromatic N) is 2. The zero-order chi connectivity index (χ0) is 24.9. The molecular weight excluding hydrogens is 530 g/mol. The standard InChI is InChI=1S/C23H29BrClN3O4S/c1-15(2)26-23(30)17(4)27(13-18-6-8-19(24)9-7-18)22(29)14-28(33(5,31)32)21-11-10-20(25)12-16(21)3/h6-12,15,17H,13-14H2,1-5H3,(H,26,30)/t17-/m0/s1. The fourth-order valence-corrected chi connectivity index (χ4v) is 4.67. The van der Waals surface area contributed by atoms with Gasteiger partial charge in [0.1, 0.15) is 12.6 Å². The first kappa shape index (κ1) is 27.1. The zero-order valence-electron chi connectivity index (χ0n) is 19.3. The first-order chi connectivity index (χ1) is 15.3. The molecule has 1 N–H and O–H groups in total. The molecule has 2 aromatic rings. The molecule has 0 aliphatic rings. The number of halogens is 2. The third-order valence-electron chi connectivity index (χ3n) is 4.97. The van der Waals surface area contributed by atoms with Crippen LogP contribution in [0.15, 0.2) is 46.9 Å². The van der Waals surface area contributed by atoms with E-state index >= 15 is 0 Å². The van der Waals surface area contributed by atoms with Crippen molar-refractivity contribution in [3.05, 3.63) is 63.1 Å². The van der Waals surface area contributed by atoms with Crippen molar-refractivity contribution in [3.8, 4) is 0 Å². The van der Waals surface area contributed by atoms with E-state index < -0.39 is 28.5 Å². The van der Waals surface area contributed by atoms with Crippen molar-refractivity contribution in [1.82, 2.24) is 10.2 Å². The summed E-state index contributed by atoms with van der Waals surface area (Å²) in [6.07, 6.45) is 1.04. The fraction of sp³-hybridized carbons (Fsp3) is 0.391. The lowest BCUT2D eigenvalue weighted by atomic mass is 10.1. The van der Waals surface area contributed by atoms with Gasteiger partial charge in [0.25, 0.3) is 0 Å². The van der Waals surface area contributed by atoms with E-state index in [1.54, 1.807) is 32.0 Å². The van der Waals surface area contributed by atoms with Gasteiger partial charge in [-0.15, -0.1) is 0 Å². The number of hydrogen-bond acceptors (Lipinski definition) is 4. The number of sulfonamides is 1. The van der Waals surface area contributed by atoms with Gasteiger partial charge in [0, 0.05) is 22.1 Å². The summed E-state index contributed by atoms with van der Waals surface area (Å²) in [4.78, 5) is 27.6. The van der Waals surface area contributed by atoms with E-state index in [4.69, 9.17) is 11.6 Å². The Hall–Kier alpha value is -2.10. The molecule has 2 rings (SSSR count). The van der Waals surface area contributed by atoms with Gasteiger partial charge in [0.05, 0.1) is 11.9 Å². The van der Waals surface area contributed by atoms with E-state index in [2.05, 4.69) is 21.2 Å². The highest BCUT2D eigenvalue weighted by atomic mass is 79.9. The summed E-state index contributed by atoms with van der Waals surface area (Å²) >= 11 is 9.41. The maximum Gasteiger partial charge on any atom is 0.244 e. The maximum absolute atomic E-state index is 13.5. The van der Waals surface area contributed by atoms with Crippen LogP contribution in [0.25, 0.3) is 0 Å². The van der Waals surface area contributed by atoms with E-state index in [1.807, 2.05) is 38.1 Å². The molecule has 0 unspecified atom stereocenters. The minimum Gasteiger partial charge on any atom is -0.352 e. The molecule has 0 saturated heterocycles. The number of rotatable bonds is 9. The van der Waals surface area contributed by atoms with E-state index in [9.17, 15) is 18.0 Å². The Morgan fingerprint density at radius 3 is 2.21 bits per heavy atom. The molecule has 0 bridgehead atoms. The Morgan fingerprint density at radius 2 is 1.70 bits per heavy atom. The Balaban J connectivity index is 2.41. The van der Waals surface area contributed by atoms with Gasteiger partial charge in [-0.05, 0) is 69.2 Å². The van der Waals surface area contributed by atoms with Crippen molar-refractivity contribution in [2.45, 2.75) is 46.3 Å². The Morgan fingerprint density at radius 1 is 1.09 bits per heavy atom. The largest absolute Gasteiger partial charge is 0.352 e. The van der Waals surface area contributed by atoms with Crippen LogP contribution in [-0.4, -0.2) is 50.0 Å². The summed E-state index contributed by atoms with van der Waals surface area (Å²) in [5.74, 6) is -0.812. The molecule has 0 radical (unpaired) electrons. The van der Waals surface area contributed by atoms with Crippen LogP contribution in [0, 0.1) is 6.92 Å². The van der Waals surface area contributed by atoms with E-state index in [1.165, 1.54) is 4.90 Å². The molecule has 0 spiro atoms. The highest BCUT2D eigenvalue weighted by molar-refractivity contribution is 9.10. The second-order valence-corrected chi connectivity index (χ2v) is 11.4. The van der Waals surface area contributed by atoms with Crippen molar-refractivity contribution in [3.63, 3.8) is 0 Å². The quantitative estimate of drug-likeness (QED) is 0.502. The molecule has 33 heavy (non-hydrogen) atoms. The summed E-state index contributed by atoms with van der Waals surface area (Å²) in [5, 5.41) is 3.28. The van der Waals surface area contributed by atoms with Gasteiger partial charge in [-0.2, -0.15) is 0 Å². The highest BCUT2D eigenvalue weighted by Gasteiger charge is 2.30. The third kappa shape index (κ3) is 7.72. The SMILES string of the molecule is Cc1cc(Cl)ccc1N(CC(=O)N(Cc1ccc(Br)cc1)[C@@H](C)C(=O)NC(C)C)S(C)(=O)=O. The van der Waals surface area contributed by atoms with Crippen LogP contribution in [-0.2, 0) is 26.2 Å². The second kappa shape index (κ2) is 11.4. The van der Waals surface area contributed by atoms with Gasteiger partial charge < -0.3 is 10.2 Å². The summed E-state index contributed by atoms with van der Waals surface area (Å²) in [5.41, 5.74) is 1.79. The molecule has 0 aromatic heterocycles. The van der Waals surface area contributed by atoms with E-state index in [0.29, 0.717) is 16.3 Å². The number of aryl methyl sites for hydroxylation is 1. The average Bonchev–Trinajstić information content (AvgIpc) is 2.70. The lowest BCUT2D eigenvalue weighted by Gasteiger charge is -2.32.